The fraction of sp³-hybridized carbons (Fsp3) is 0.222. The first kappa shape index (κ1) is 8.99. The lowest BCUT2D eigenvalue weighted by Crippen LogP contribution is -1.99. The van der Waals surface area contributed by atoms with Crippen LogP contribution in [0.25, 0.3) is 10.2 Å². The standard InChI is InChI=1S/C9H10N2S2/c1-2-10-13-9-11-7-5-3-4-6-8(7)12-9/h3-6,10H,2H2,1H3. The highest BCUT2D eigenvalue weighted by atomic mass is 32.2. The molecule has 0 saturated carbocycles. The van der Waals surface area contributed by atoms with E-state index in [0.29, 0.717) is 0 Å². The molecule has 2 rings (SSSR count). The number of nitrogens with one attached hydrogen (secondary N) is 1. The molecule has 1 aromatic carbocycles. The van der Waals surface area contributed by atoms with Crippen LogP contribution in [0.3, 0.4) is 0 Å². The van der Waals surface area contributed by atoms with E-state index in [1.54, 1.807) is 23.3 Å². The van der Waals surface area contributed by atoms with Gasteiger partial charge in [0, 0.05) is 6.54 Å². The maximum absolute atomic E-state index is 4.47. The highest BCUT2D eigenvalue weighted by Crippen LogP contribution is 2.27. The summed E-state index contributed by atoms with van der Waals surface area (Å²) in [6.45, 7) is 3.04. The Balaban J connectivity index is 2.28. The maximum Gasteiger partial charge on any atom is 0.166 e. The Morgan fingerprint density at radius 1 is 1.46 bits per heavy atom. The van der Waals surface area contributed by atoms with Gasteiger partial charge in [-0.05, 0) is 24.1 Å². The number of thiazole rings is 1. The molecule has 0 aliphatic rings. The molecule has 0 spiro atoms. The van der Waals surface area contributed by atoms with Crippen LogP contribution in [0, 0.1) is 0 Å². The molecule has 0 atom stereocenters. The first-order chi connectivity index (χ1) is 6.40. The number of fused-ring (bicyclic) bond motifs is 1. The molecule has 68 valence electrons. The third kappa shape index (κ3) is 2.02. The second-order valence-electron chi connectivity index (χ2n) is 2.55. The third-order valence-corrected chi connectivity index (χ3v) is 3.61. The molecule has 1 aromatic heterocycles. The predicted octanol–water partition coefficient (Wildman–Crippen LogP) is 2.91. The molecule has 1 heterocycles. The summed E-state index contributed by atoms with van der Waals surface area (Å²) < 4.78 is 5.53. The lowest BCUT2D eigenvalue weighted by molar-refractivity contribution is 1.03. The van der Waals surface area contributed by atoms with Gasteiger partial charge in [-0.25, -0.2) is 4.98 Å². The van der Waals surface area contributed by atoms with E-state index in [1.165, 1.54) is 4.70 Å². The van der Waals surface area contributed by atoms with Crippen LogP contribution in [0.2, 0.25) is 0 Å². The minimum absolute atomic E-state index is 0.959. The van der Waals surface area contributed by atoms with Crippen molar-refractivity contribution in [1.29, 1.82) is 0 Å². The van der Waals surface area contributed by atoms with Crippen molar-refractivity contribution in [2.75, 3.05) is 6.54 Å². The van der Waals surface area contributed by atoms with E-state index in [1.807, 2.05) is 18.2 Å². The summed E-state index contributed by atoms with van der Waals surface area (Å²) in [5.41, 5.74) is 1.09. The van der Waals surface area contributed by atoms with Crippen LogP contribution in [0.15, 0.2) is 28.6 Å². The maximum atomic E-state index is 4.47. The Labute approximate surface area is 85.5 Å². The lowest BCUT2D eigenvalue weighted by atomic mass is 10.3. The molecule has 0 saturated heterocycles. The second-order valence-corrected chi connectivity index (χ2v) is 4.72. The number of benzene rings is 1. The predicted molar refractivity (Wildman–Crippen MR) is 59.2 cm³/mol. The summed E-state index contributed by atoms with van der Waals surface area (Å²) in [7, 11) is 0. The zero-order valence-corrected chi connectivity index (χ0v) is 8.91. The minimum Gasteiger partial charge on any atom is -0.258 e. The van der Waals surface area contributed by atoms with Crippen molar-refractivity contribution in [2.24, 2.45) is 0 Å². The minimum atomic E-state index is 0.959. The van der Waals surface area contributed by atoms with E-state index in [2.05, 4.69) is 22.7 Å². The first-order valence-electron chi connectivity index (χ1n) is 4.15. The van der Waals surface area contributed by atoms with Crippen LogP contribution in [0.1, 0.15) is 6.92 Å². The van der Waals surface area contributed by atoms with Gasteiger partial charge in [-0.15, -0.1) is 11.3 Å². The molecule has 0 unspecified atom stereocenters. The molecule has 0 amide bonds. The van der Waals surface area contributed by atoms with Gasteiger partial charge in [-0.3, -0.25) is 4.72 Å². The summed E-state index contributed by atoms with van der Waals surface area (Å²) in [5.74, 6) is 0. The fourth-order valence-corrected chi connectivity index (χ4v) is 2.75. The summed E-state index contributed by atoms with van der Waals surface area (Å²) in [6, 6.07) is 8.21. The highest BCUT2D eigenvalue weighted by Gasteiger charge is 2.01. The Kier molecular flexibility index (Phi) is 2.83. The molecule has 0 bridgehead atoms. The molecule has 0 aliphatic carbocycles. The summed E-state index contributed by atoms with van der Waals surface area (Å²) in [5, 5.41) is 0. The largest absolute Gasteiger partial charge is 0.258 e. The monoisotopic (exact) mass is 210 g/mol. The Morgan fingerprint density at radius 3 is 3.08 bits per heavy atom. The summed E-state index contributed by atoms with van der Waals surface area (Å²) in [6.07, 6.45) is 0. The normalized spacial score (nSPS) is 10.8. The van der Waals surface area contributed by atoms with Crippen molar-refractivity contribution in [3.05, 3.63) is 24.3 Å². The number of rotatable bonds is 3. The Hall–Kier alpha value is -0.580. The average Bonchev–Trinajstić information content (AvgIpc) is 2.57. The summed E-state index contributed by atoms with van der Waals surface area (Å²) >= 11 is 3.33. The second kappa shape index (κ2) is 4.09. The van der Waals surface area contributed by atoms with E-state index >= 15 is 0 Å². The molecule has 4 heteroatoms. The number of hydrogen-bond donors (Lipinski definition) is 1. The van der Waals surface area contributed by atoms with Gasteiger partial charge in [0.05, 0.1) is 10.2 Å². The van der Waals surface area contributed by atoms with Gasteiger partial charge in [0.25, 0.3) is 0 Å². The third-order valence-electron chi connectivity index (χ3n) is 1.58. The van der Waals surface area contributed by atoms with Crippen LogP contribution in [0.5, 0.6) is 0 Å². The van der Waals surface area contributed by atoms with Gasteiger partial charge in [-0.2, -0.15) is 0 Å². The topological polar surface area (TPSA) is 24.9 Å². The molecule has 2 nitrogen and oxygen atoms in total. The summed E-state index contributed by atoms with van der Waals surface area (Å²) in [4.78, 5) is 4.47. The average molecular weight is 210 g/mol. The van der Waals surface area contributed by atoms with Crippen molar-refractivity contribution < 1.29 is 0 Å². The van der Waals surface area contributed by atoms with Gasteiger partial charge < -0.3 is 0 Å². The van der Waals surface area contributed by atoms with Crippen molar-refractivity contribution in [3.8, 4) is 0 Å². The highest BCUT2D eigenvalue weighted by molar-refractivity contribution is 7.99. The van der Waals surface area contributed by atoms with Crippen LogP contribution in [0.4, 0.5) is 0 Å². The van der Waals surface area contributed by atoms with Gasteiger partial charge in [0.1, 0.15) is 0 Å². The van der Waals surface area contributed by atoms with E-state index in [9.17, 15) is 0 Å². The van der Waals surface area contributed by atoms with E-state index in [4.69, 9.17) is 0 Å². The molecule has 1 N–H and O–H groups in total. The lowest BCUT2D eigenvalue weighted by Gasteiger charge is -1.92. The number of para-hydroxylation sites is 1. The van der Waals surface area contributed by atoms with Crippen LogP contribution >= 0.6 is 23.3 Å². The quantitative estimate of drug-likeness (QED) is 0.788. The van der Waals surface area contributed by atoms with Crippen LogP contribution < -0.4 is 4.72 Å². The Morgan fingerprint density at radius 2 is 2.31 bits per heavy atom. The van der Waals surface area contributed by atoms with Crippen molar-refractivity contribution >= 4 is 33.5 Å². The zero-order chi connectivity index (χ0) is 9.10. The van der Waals surface area contributed by atoms with Gasteiger partial charge in [0.2, 0.25) is 0 Å². The van der Waals surface area contributed by atoms with Crippen LogP contribution in [-0.4, -0.2) is 11.5 Å². The van der Waals surface area contributed by atoms with Gasteiger partial charge in [-0.1, -0.05) is 19.1 Å². The van der Waals surface area contributed by atoms with E-state index < -0.39 is 0 Å². The molecular formula is C9H10N2S2. The Bertz CT molecular complexity index is 364. The smallest absolute Gasteiger partial charge is 0.166 e. The van der Waals surface area contributed by atoms with Crippen molar-refractivity contribution in [1.82, 2.24) is 9.71 Å². The number of aromatic nitrogens is 1. The first-order valence-corrected chi connectivity index (χ1v) is 5.78. The molecule has 0 radical (unpaired) electrons. The molecule has 2 aromatic rings. The number of nitrogens with zero attached hydrogens (tertiary/aromatic N) is 1. The van der Waals surface area contributed by atoms with E-state index in [0.717, 1.165) is 16.4 Å². The van der Waals surface area contributed by atoms with Crippen molar-refractivity contribution in [3.63, 3.8) is 0 Å². The molecule has 0 fully saturated rings. The fourth-order valence-electron chi connectivity index (χ4n) is 1.03. The zero-order valence-electron chi connectivity index (χ0n) is 7.28. The SMILES string of the molecule is CCNSc1nc2ccccc2s1. The van der Waals surface area contributed by atoms with Gasteiger partial charge >= 0.3 is 0 Å². The van der Waals surface area contributed by atoms with Gasteiger partial charge in [0.15, 0.2) is 4.34 Å². The van der Waals surface area contributed by atoms with Crippen molar-refractivity contribution in [2.45, 2.75) is 11.3 Å². The molecule has 0 aliphatic heterocycles. The number of hydrogen-bond acceptors (Lipinski definition) is 4. The van der Waals surface area contributed by atoms with E-state index in [-0.39, 0.29) is 0 Å². The van der Waals surface area contributed by atoms with Crippen LogP contribution in [-0.2, 0) is 0 Å². The molecule has 13 heavy (non-hydrogen) atoms. The molecular weight excluding hydrogens is 200 g/mol.